The number of thiophene rings is 1. The van der Waals surface area contributed by atoms with Crippen LogP contribution in [0.1, 0.15) is 15.6 Å². The molecule has 138 valence electrons. The van der Waals surface area contributed by atoms with E-state index in [0.29, 0.717) is 23.3 Å². The molecular weight excluding hydrogens is 378 g/mol. The van der Waals surface area contributed by atoms with Crippen LogP contribution >= 0.6 is 22.7 Å². The zero-order valence-corrected chi connectivity index (χ0v) is 16.9. The topological polar surface area (TPSA) is 95.5 Å². The maximum absolute atomic E-state index is 12.0. The van der Waals surface area contributed by atoms with E-state index in [-0.39, 0.29) is 6.54 Å². The van der Waals surface area contributed by atoms with Gasteiger partial charge in [0, 0.05) is 38.0 Å². The number of hydrogen-bond donors (Lipinski definition) is 3. The summed E-state index contributed by atoms with van der Waals surface area (Å²) in [5.74, 6) is 0.639. The van der Waals surface area contributed by atoms with Gasteiger partial charge in [-0.2, -0.15) is 0 Å². The Morgan fingerprint density at radius 2 is 2.00 bits per heavy atom. The molecule has 2 aromatic heterocycles. The number of aryl methyl sites for hydroxylation is 2. The fourth-order valence-corrected chi connectivity index (χ4v) is 5.01. The van der Waals surface area contributed by atoms with Gasteiger partial charge in [-0.1, -0.05) is 6.07 Å². The van der Waals surface area contributed by atoms with E-state index in [1.54, 1.807) is 35.9 Å². The Morgan fingerprint density at radius 3 is 2.60 bits per heavy atom. The molecule has 0 bridgehead atoms. The van der Waals surface area contributed by atoms with Gasteiger partial charge < -0.3 is 10.6 Å². The van der Waals surface area contributed by atoms with Gasteiger partial charge in [-0.3, -0.25) is 4.99 Å². The predicted molar refractivity (Wildman–Crippen MR) is 104 cm³/mol. The summed E-state index contributed by atoms with van der Waals surface area (Å²) in [7, 11) is -1.73. The van der Waals surface area contributed by atoms with Gasteiger partial charge in [0.1, 0.15) is 4.21 Å². The SMILES string of the molecule is CN=C(NCCNS(=O)(=O)c1cccs1)NCCc1nc(C)c(C)s1. The summed E-state index contributed by atoms with van der Waals surface area (Å²) in [6, 6.07) is 3.30. The minimum Gasteiger partial charge on any atom is -0.356 e. The molecule has 0 spiro atoms. The number of thiazole rings is 1. The minimum atomic E-state index is -3.42. The van der Waals surface area contributed by atoms with Crippen molar-refractivity contribution >= 4 is 38.7 Å². The molecule has 0 fully saturated rings. The van der Waals surface area contributed by atoms with Crippen molar-refractivity contribution in [2.45, 2.75) is 24.5 Å². The lowest BCUT2D eigenvalue weighted by Crippen LogP contribution is -2.42. The summed E-state index contributed by atoms with van der Waals surface area (Å²) in [5.41, 5.74) is 1.08. The highest BCUT2D eigenvalue weighted by atomic mass is 32.2. The molecule has 0 aliphatic carbocycles. The Hall–Kier alpha value is -1.49. The van der Waals surface area contributed by atoms with Gasteiger partial charge in [-0.05, 0) is 25.3 Å². The third kappa shape index (κ3) is 6.07. The first-order chi connectivity index (χ1) is 11.9. The Labute approximate surface area is 156 Å². The van der Waals surface area contributed by atoms with Crippen LogP contribution in [0.25, 0.3) is 0 Å². The van der Waals surface area contributed by atoms with Gasteiger partial charge in [0.15, 0.2) is 5.96 Å². The van der Waals surface area contributed by atoms with Crippen LogP contribution in [0.5, 0.6) is 0 Å². The number of rotatable bonds is 8. The minimum absolute atomic E-state index is 0.284. The Balaban J connectivity index is 1.68. The van der Waals surface area contributed by atoms with Crippen LogP contribution in [0, 0.1) is 13.8 Å². The van der Waals surface area contributed by atoms with Gasteiger partial charge in [-0.15, -0.1) is 22.7 Å². The molecule has 3 N–H and O–H groups in total. The number of nitrogens with one attached hydrogen (secondary N) is 3. The van der Waals surface area contributed by atoms with Gasteiger partial charge in [0.25, 0.3) is 0 Å². The van der Waals surface area contributed by atoms with Crippen molar-refractivity contribution in [1.29, 1.82) is 0 Å². The molecule has 2 aromatic rings. The second-order valence-electron chi connectivity index (χ2n) is 5.25. The molecule has 0 saturated heterocycles. The molecule has 2 rings (SSSR count). The lowest BCUT2D eigenvalue weighted by molar-refractivity contribution is 0.582. The first kappa shape index (κ1) is 19.8. The summed E-state index contributed by atoms with van der Waals surface area (Å²) < 4.78 is 26.9. The molecule has 0 aromatic carbocycles. The standard InChI is InChI=1S/C15H23N5O2S3/c1-11-12(2)24-13(20-11)6-7-17-15(16-3)18-8-9-19-25(21,22)14-5-4-10-23-14/h4-5,10,19H,6-9H2,1-3H3,(H2,16,17,18). The number of guanidine groups is 1. The van der Waals surface area contributed by atoms with Crippen LogP contribution < -0.4 is 15.4 Å². The van der Waals surface area contributed by atoms with E-state index in [0.717, 1.165) is 17.1 Å². The van der Waals surface area contributed by atoms with E-state index in [9.17, 15) is 8.42 Å². The molecule has 2 heterocycles. The predicted octanol–water partition coefficient (Wildman–Crippen LogP) is 1.51. The second-order valence-corrected chi connectivity index (χ2v) is 9.48. The molecule has 0 unspecified atom stereocenters. The third-order valence-electron chi connectivity index (χ3n) is 3.40. The molecule has 0 aliphatic rings. The number of nitrogens with zero attached hydrogens (tertiary/aromatic N) is 2. The van der Waals surface area contributed by atoms with Crippen molar-refractivity contribution in [2.24, 2.45) is 4.99 Å². The maximum atomic E-state index is 12.0. The summed E-state index contributed by atoms with van der Waals surface area (Å²) in [6.07, 6.45) is 0.824. The molecule has 0 amide bonds. The van der Waals surface area contributed by atoms with Crippen molar-refractivity contribution in [1.82, 2.24) is 20.3 Å². The van der Waals surface area contributed by atoms with Crippen molar-refractivity contribution in [3.8, 4) is 0 Å². The summed E-state index contributed by atoms with van der Waals surface area (Å²) in [4.78, 5) is 9.88. The van der Waals surface area contributed by atoms with Crippen LogP contribution in [-0.4, -0.2) is 46.0 Å². The molecule has 0 atom stereocenters. The zero-order chi connectivity index (χ0) is 18.3. The third-order valence-corrected chi connectivity index (χ3v) is 7.39. The van der Waals surface area contributed by atoms with Crippen LogP contribution in [0.15, 0.2) is 26.7 Å². The van der Waals surface area contributed by atoms with E-state index in [1.807, 2.05) is 6.92 Å². The lowest BCUT2D eigenvalue weighted by atomic mass is 10.4. The van der Waals surface area contributed by atoms with Crippen LogP contribution in [0.4, 0.5) is 0 Å². The highest BCUT2D eigenvalue weighted by Crippen LogP contribution is 2.16. The van der Waals surface area contributed by atoms with Crippen molar-refractivity contribution in [3.05, 3.63) is 33.1 Å². The lowest BCUT2D eigenvalue weighted by Gasteiger charge is -2.11. The van der Waals surface area contributed by atoms with E-state index >= 15 is 0 Å². The Bertz CT molecular complexity index is 778. The van der Waals surface area contributed by atoms with Gasteiger partial charge >= 0.3 is 0 Å². The molecule has 7 nitrogen and oxygen atoms in total. The maximum Gasteiger partial charge on any atom is 0.250 e. The van der Waals surface area contributed by atoms with E-state index in [4.69, 9.17) is 0 Å². The average molecular weight is 402 g/mol. The quantitative estimate of drug-likeness (QED) is 0.354. The zero-order valence-electron chi connectivity index (χ0n) is 14.5. The van der Waals surface area contributed by atoms with Crippen molar-refractivity contribution < 1.29 is 8.42 Å². The normalized spacial score (nSPS) is 12.4. The number of hydrogen-bond acceptors (Lipinski definition) is 6. The summed E-state index contributed by atoms with van der Waals surface area (Å²) in [6.45, 7) is 5.53. The van der Waals surface area contributed by atoms with Gasteiger partial charge in [-0.25, -0.2) is 18.1 Å². The largest absolute Gasteiger partial charge is 0.356 e. The van der Waals surface area contributed by atoms with E-state index in [1.165, 1.54) is 16.2 Å². The van der Waals surface area contributed by atoms with Crippen molar-refractivity contribution in [3.63, 3.8) is 0 Å². The number of sulfonamides is 1. The summed E-state index contributed by atoms with van der Waals surface area (Å²) >= 11 is 2.91. The number of aliphatic imine (C=N–C) groups is 1. The van der Waals surface area contributed by atoms with Crippen LogP contribution in [0.3, 0.4) is 0 Å². The smallest absolute Gasteiger partial charge is 0.250 e. The molecule has 10 heteroatoms. The highest BCUT2D eigenvalue weighted by molar-refractivity contribution is 7.91. The molecule has 0 aliphatic heterocycles. The Kier molecular flexibility index (Phi) is 7.36. The number of aromatic nitrogens is 1. The molecule has 0 radical (unpaired) electrons. The Morgan fingerprint density at radius 1 is 1.24 bits per heavy atom. The first-order valence-corrected chi connectivity index (χ1v) is 11.0. The summed E-state index contributed by atoms with van der Waals surface area (Å²) in [5, 5.41) is 9.13. The first-order valence-electron chi connectivity index (χ1n) is 7.83. The van der Waals surface area contributed by atoms with Crippen LogP contribution in [-0.2, 0) is 16.4 Å². The molecule has 0 saturated carbocycles. The van der Waals surface area contributed by atoms with Gasteiger partial charge in [0.2, 0.25) is 10.0 Å². The molecule has 25 heavy (non-hydrogen) atoms. The van der Waals surface area contributed by atoms with E-state index < -0.39 is 10.0 Å². The highest BCUT2D eigenvalue weighted by Gasteiger charge is 2.13. The monoisotopic (exact) mass is 401 g/mol. The average Bonchev–Trinajstić information content (AvgIpc) is 3.21. The van der Waals surface area contributed by atoms with Gasteiger partial charge in [0.05, 0.1) is 10.7 Å². The fraction of sp³-hybridized carbons (Fsp3) is 0.467. The van der Waals surface area contributed by atoms with Crippen molar-refractivity contribution in [2.75, 3.05) is 26.7 Å². The van der Waals surface area contributed by atoms with E-state index in [2.05, 4.69) is 32.3 Å². The second kappa shape index (κ2) is 9.27. The van der Waals surface area contributed by atoms with Crippen LogP contribution in [0.2, 0.25) is 0 Å². The fourth-order valence-electron chi connectivity index (χ4n) is 2.01. The molecular formula is C15H23N5O2S3.